The fourth-order valence-corrected chi connectivity index (χ4v) is 2.67. The van der Waals surface area contributed by atoms with Gasteiger partial charge in [0.05, 0.1) is 12.9 Å². The first-order valence-electron chi connectivity index (χ1n) is 4.55. The van der Waals surface area contributed by atoms with Crippen LogP contribution in [0.3, 0.4) is 0 Å². The molecule has 0 radical (unpaired) electrons. The van der Waals surface area contributed by atoms with Gasteiger partial charge in [-0.3, -0.25) is 0 Å². The number of ether oxygens (including phenoxy) is 2. The summed E-state index contributed by atoms with van der Waals surface area (Å²) in [6.45, 7) is -0.237. The van der Waals surface area contributed by atoms with E-state index < -0.39 is 39.5 Å². The summed E-state index contributed by atoms with van der Waals surface area (Å²) < 4.78 is 21.7. The molecule has 2 heterocycles. The Morgan fingerprint density at radius 2 is 2.31 bits per heavy atom. The highest BCUT2D eigenvalue weighted by atomic mass is 32.2. The predicted molar refractivity (Wildman–Crippen MR) is 50.4 cm³/mol. The van der Waals surface area contributed by atoms with Crippen molar-refractivity contribution in [2.45, 2.75) is 23.2 Å². The topological polar surface area (TPSA) is 114 Å². The van der Waals surface area contributed by atoms with E-state index >= 15 is 0 Å². The fourth-order valence-electron chi connectivity index (χ4n) is 1.91. The van der Waals surface area contributed by atoms with Gasteiger partial charge in [-0.05, 0) is 11.2 Å². The molecule has 0 spiro atoms. The van der Waals surface area contributed by atoms with Crippen LogP contribution in [-0.4, -0.2) is 57.5 Å². The van der Waals surface area contributed by atoms with E-state index in [1.54, 1.807) is 0 Å². The number of fused-ring (bicyclic) bond motifs is 1. The van der Waals surface area contributed by atoms with Crippen LogP contribution < -0.4 is 0 Å². The Kier molecular flexibility index (Phi) is 2.97. The zero-order valence-electron chi connectivity index (χ0n) is 8.40. The van der Waals surface area contributed by atoms with Gasteiger partial charge in [-0.25, -0.2) is 0 Å². The molecule has 0 aliphatic carbocycles. The zero-order chi connectivity index (χ0) is 11.9. The lowest BCUT2D eigenvalue weighted by Crippen LogP contribution is -2.49. The van der Waals surface area contributed by atoms with Gasteiger partial charge in [-0.15, -0.1) is 10.1 Å². The zero-order valence-corrected chi connectivity index (χ0v) is 9.21. The Morgan fingerprint density at radius 3 is 2.88 bits per heavy atom. The molecule has 9 heteroatoms. The van der Waals surface area contributed by atoms with E-state index in [1.807, 2.05) is 0 Å². The van der Waals surface area contributed by atoms with Crippen LogP contribution in [0, 0.1) is 10.1 Å². The van der Waals surface area contributed by atoms with E-state index in [4.69, 9.17) is 9.47 Å². The summed E-state index contributed by atoms with van der Waals surface area (Å²) in [4.78, 5) is 12.9. The summed E-state index contributed by atoms with van der Waals surface area (Å²) in [5, 5.41) is 19.3. The van der Waals surface area contributed by atoms with Crippen LogP contribution in [0.1, 0.15) is 0 Å². The Morgan fingerprint density at radius 1 is 1.62 bits per heavy atom. The van der Waals surface area contributed by atoms with Crippen molar-refractivity contribution in [3.8, 4) is 0 Å². The second kappa shape index (κ2) is 4.00. The Balaban J connectivity index is 2.09. The largest absolute Gasteiger partial charge is 0.614 e. The van der Waals surface area contributed by atoms with Gasteiger partial charge in [0.15, 0.2) is 12.2 Å². The minimum absolute atomic E-state index is 0.0597. The van der Waals surface area contributed by atoms with E-state index in [9.17, 15) is 19.8 Å². The monoisotopic (exact) mass is 253 g/mol. The summed E-state index contributed by atoms with van der Waals surface area (Å²) >= 11 is -1.56. The third-order valence-corrected chi connectivity index (χ3v) is 4.10. The van der Waals surface area contributed by atoms with Crippen molar-refractivity contribution in [1.82, 2.24) is 0 Å². The van der Waals surface area contributed by atoms with E-state index in [2.05, 4.69) is 4.84 Å². The smallest absolute Gasteiger partial charge is 0.294 e. The fraction of sp³-hybridized carbons (Fsp3) is 1.00. The van der Waals surface area contributed by atoms with Crippen LogP contribution in [0.4, 0.5) is 0 Å². The quantitative estimate of drug-likeness (QED) is 0.367. The first kappa shape index (κ1) is 11.9. The highest BCUT2D eigenvalue weighted by Crippen LogP contribution is 2.38. The molecular formula is C7H11NO7S. The molecule has 2 saturated heterocycles. The SMILES string of the molecule is C[S@+]([O-])[C@]1(O)CO[C@@H]2[C@H](O[N+](=O)[O-])CO[C@@H]21. The van der Waals surface area contributed by atoms with Crippen LogP contribution in [-0.2, 0) is 25.5 Å². The van der Waals surface area contributed by atoms with Crippen LogP contribution >= 0.6 is 0 Å². The lowest BCUT2D eigenvalue weighted by atomic mass is 10.1. The van der Waals surface area contributed by atoms with Gasteiger partial charge in [-0.1, -0.05) is 0 Å². The van der Waals surface area contributed by atoms with Gasteiger partial charge in [0.2, 0.25) is 0 Å². The van der Waals surface area contributed by atoms with E-state index in [1.165, 1.54) is 6.26 Å². The molecule has 1 N–H and O–H groups in total. The van der Waals surface area contributed by atoms with Crippen molar-refractivity contribution >= 4 is 11.2 Å². The Hall–Kier alpha value is -0.610. The third kappa shape index (κ3) is 1.74. The van der Waals surface area contributed by atoms with Crippen molar-refractivity contribution in [2.75, 3.05) is 19.5 Å². The van der Waals surface area contributed by atoms with Gasteiger partial charge >= 0.3 is 0 Å². The average Bonchev–Trinajstić information content (AvgIpc) is 2.70. The molecule has 0 aromatic carbocycles. The molecule has 0 unspecified atom stereocenters. The van der Waals surface area contributed by atoms with Crippen LogP contribution in [0.5, 0.6) is 0 Å². The molecule has 0 bridgehead atoms. The summed E-state index contributed by atoms with van der Waals surface area (Å²) in [5.74, 6) is 0. The van der Waals surface area contributed by atoms with Crippen molar-refractivity contribution in [3.05, 3.63) is 10.1 Å². The second-order valence-electron chi connectivity index (χ2n) is 3.70. The molecular weight excluding hydrogens is 242 g/mol. The van der Waals surface area contributed by atoms with Crippen LogP contribution in [0.15, 0.2) is 0 Å². The Bertz CT molecular complexity index is 300. The van der Waals surface area contributed by atoms with Gasteiger partial charge in [0.25, 0.3) is 10.0 Å². The first-order chi connectivity index (χ1) is 7.45. The molecule has 2 aliphatic rings. The maximum Gasteiger partial charge on any atom is 0.294 e. The molecule has 0 aromatic rings. The normalized spacial score (nSPS) is 44.1. The highest BCUT2D eigenvalue weighted by Gasteiger charge is 2.62. The van der Waals surface area contributed by atoms with Gasteiger partial charge in [-0.2, -0.15) is 0 Å². The molecule has 0 aromatic heterocycles. The highest BCUT2D eigenvalue weighted by molar-refractivity contribution is 7.92. The number of hydrogen-bond acceptors (Lipinski definition) is 7. The van der Waals surface area contributed by atoms with E-state index in [0.29, 0.717) is 0 Å². The molecule has 8 nitrogen and oxygen atoms in total. The molecule has 2 aliphatic heterocycles. The number of aliphatic hydroxyl groups is 1. The number of rotatable bonds is 3. The first-order valence-corrected chi connectivity index (χ1v) is 6.11. The van der Waals surface area contributed by atoms with Crippen molar-refractivity contribution in [3.63, 3.8) is 0 Å². The number of nitrogens with zero attached hydrogens (tertiary/aromatic N) is 1. The summed E-state index contributed by atoms with van der Waals surface area (Å²) in [6, 6.07) is 0. The van der Waals surface area contributed by atoms with Crippen molar-refractivity contribution in [1.29, 1.82) is 0 Å². The molecule has 2 rings (SSSR count). The van der Waals surface area contributed by atoms with Gasteiger partial charge in [0.1, 0.15) is 12.7 Å². The summed E-state index contributed by atoms with van der Waals surface area (Å²) in [5.41, 5.74) is 0. The minimum Gasteiger partial charge on any atom is -0.614 e. The molecule has 92 valence electrons. The lowest BCUT2D eigenvalue weighted by Gasteiger charge is -2.26. The van der Waals surface area contributed by atoms with E-state index in [0.717, 1.165) is 0 Å². The van der Waals surface area contributed by atoms with Crippen LogP contribution in [0.25, 0.3) is 0 Å². The summed E-state index contributed by atoms with van der Waals surface area (Å²) in [6.07, 6.45) is -1.14. The molecule has 0 amide bonds. The van der Waals surface area contributed by atoms with E-state index in [-0.39, 0.29) is 13.2 Å². The van der Waals surface area contributed by atoms with Gasteiger partial charge in [0, 0.05) is 0 Å². The maximum atomic E-state index is 11.4. The number of hydrogen-bond donors (Lipinski definition) is 1. The minimum atomic E-state index is -1.61. The standard InChI is InChI=1S/C7H11NO7S/c1-16(12)7(9)3-14-5-4(15-8(10)11)2-13-6(5)7/h4-6,9H,2-3H2,1H3/t4-,5-,6+,7-,16+/m1/s1. The Labute approximate surface area is 93.8 Å². The maximum absolute atomic E-state index is 11.4. The van der Waals surface area contributed by atoms with Crippen molar-refractivity contribution in [2.24, 2.45) is 0 Å². The van der Waals surface area contributed by atoms with Crippen LogP contribution in [0.2, 0.25) is 0 Å². The molecule has 16 heavy (non-hydrogen) atoms. The lowest BCUT2D eigenvalue weighted by molar-refractivity contribution is -0.769. The predicted octanol–water partition coefficient (Wildman–Crippen LogP) is -1.57. The average molecular weight is 253 g/mol. The molecule has 0 saturated carbocycles. The van der Waals surface area contributed by atoms with Crippen molar-refractivity contribution < 1.29 is 29.1 Å². The third-order valence-electron chi connectivity index (χ3n) is 2.75. The molecule has 2 fully saturated rings. The van der Waals surface area contributed by atoms with Gasteiger partial charge < -0.3 is 24.0 Å². The second-order valence-corrected chi connectivity index (χ2v) is 5.31. The summed E-state index contributed by atoms with van der Waals surface area (Å²) in [7, 11) is 0. The molecule has 5 atom stereocenters.